The zero-order valence-electron chi connectivity index (χ0n) is 8.97. The summed E-state index contributed by atoms with van der Waals surface area (Å²) in [5.41, 5.74) is 3.53. The van der Waals surface area contributed by atoms with E-state index in [1.807, 2.05) is 24.3 Å². The average Bonchev–Trinajstić information content (AvgIpc) is 2.68. The second-order valence-corrected chi connectivity index (χ2v) is 4.35. The molecule has 3 rings (SSSR count). The van der Waals surface area contributed by atoms with Gasteiger partial charge >= 0.3 is 0 Å². The first-order valence-corrected chi connectivity index (χ1v) is 5.75. The van der Waals surface area contributed by atoms with Gasteiger partial charge in [0.2, 0.25) is 0 Å². The van der Waals surface area contributed by atoms with Crippen molar-refractivity contribution in [2.75, 3.05) is 0 Å². The van der Waals surface area contributed by atoms with Crippen LogP contribution in [0.25, 0.3) is 5.57 Å². The fourth-order valence-electron chi connectivity index (χ4n) is 2.13. The minimum atomic E-state index is -0.570. The fraction of sp³-hybridized carbons (Fsp3) is 0.0714. The van der Waals surface area contributed by atoms with E-state index in [4.69, 9.17) is 11.6 Å². The van der Waals surface area contributed by atoms with Crippen LogP contribution >= 0.6 is 11.6 Å². The first-order valence-electron chi connectivity index (χ1n) is 5.37. The Labute approximate surface area is 104 Å². The van der Waals surface area contributed by atoms with Crippen LogP contribution in [0.1, 0.15) is 22.9 Å². The predicted molar refractivity (Wildman–Crippen MR) is 67.7 cm³/mol. The van der Waals surface area contributed by atoms with Gasteiger partial charge in [-0.2, -0.15) is 0 Å². The van der Waals surface area contributed by atoms with Crippen LogP contribution in [0.15, 0.2) is 48.7 Å². The zero-order valence-corrected chi connectivity index (χ0v) is 9.72. The Balaban J connectivity index is 2.19. The molecule has 2 nitrogen and oxygen atoms in total. The molecule has 3 heteroatoms. The summed E-state index contributed by atoms with van der Waals surface area (Å²) in [7, 11) is 0. The maximum Gasteiger partial charge on any atom is 0.0987 e. The minimum Gasteiger partial charge on any atom is -0.384 e. The molecular weight excluding hydrogens is 234 g/mol. The lowest BCUT2D eigenvalue weighted by molar-refractivity contribution is 0.232. The highest BCUT2D eigenvalue weighted by atomic mass is 35.5. The number of aliphatic hydroxyl groups is 1. The molecule has 0 radical (unpaired) electrons. The number of aliphatic hydroxyl groups excluding tert-OH is 1. The van der Waals surface area contributed by atoms with E-state index < -0.39 is 6.10 Å². The van der Waals surface area contributed by atoms with Crippen molar-refractivity contribution >= 4 is 17.2 Å². The van der Waals surface area contributed by atoms with E-state index in [0.29, 0.717) is 5.02 Å². The lowest BCUT2D eigenvalue weighted by Crippen LogP contribution is -1.91. The second-order valence-electron chi connectivity index (χ2n) is 3.95. The van der Waals surface area contributed by atoms with Gasteiger partial charge in [0.05, 0.1) is 16.8 Å². The van der Waals surface area contributed by atoms with Crippen LogP contribution in [0.4, 0.5) is 0 Å². The van der Waals surface area contributed by atoms with Crippen LogP contribution in [0.5, 0.6) is 0 Å². The Hall–Kier alpha value is -1.64. The lowest BCUT2D eigenvalue weighted by Gasteiger charge is -2.06. The molecule has 0 saturated heterocycles. The van der Waals surface area contributed by atoms with E-state index in [2.05, 4.69) is 4.98 Å². The van der Waals surface area contributed by atoms with Crippen LogP contribution in [0.2, 0.25) is 5.02 Å². The summed E-state index contributed by atoms with van der Waals surface area (Å²) in [4.78, 5) is 4.28. The smallest absolute Gasteiger partial charge is 0.0987 e. The highest BCUT2D eigenvalue weighted by Crippen LogP contribution is 2.39. The van der Waals surface area contributed by atoms with Gasteiger partial charge in [0.1, 0.15) is 0 Å². The molecule has 1 aliphatic rings. The van der Waals surface area contributed by atoms with Crippen LogP contribution in [-0.2, 0) is 0 Å². The van der Waals surface area contributed by atoms with Crippen molar-refractivity contribution in [1.29, 1.82) is 0 Å². The maximum absolute atomic E-state index is 9.96. The molecule has 1 unspecified atom stereocenters. The van der Waals surface area contributed by atoms with E-state index in [9.17, 15) is 5.11 Å². The van der Waals surface area contributed by atoms with Crippen LogP contribution in [-0.4, -0.2) is 10.1 Å². The van der Waals surface area contributed by atoms with Gasteiger partial charge in [0.15, 0.2) is 0 Å². The van der Waals surface area contributed by atoms with Gasteiger partial charge in [0, 0.05) is 11.8 Å². The lowest BCUT2D eigenvalue weighted by atomic mass is 10.0. The maximum atomic E-state index is 9.96. The standard InChI is InChI=1S/C14H10ClNO/c15-12-6-3-7-16-14(12)11-8-13(17)10-5-2-1-4-9(10)11/h1-8,13,17H. The number of halogens is 1. The summed E-state index contributed by atoms with van der Waals surface area (Å²) < 4.78 is 0. The third-order valence-corrected chi connectivity index (χ3v) is 3.21. The van der Waals surface area contributed by atoms with Crippen molar-refractivity contribution in [1.82, 2.24) is 4.98 Å². The molecule has 0 spiro atoms. The van der Waals surface area contributed by atoms with Crippen molar-refractivity contribution in [2.24, 2.45) is 0 Å². The number of rotatable bonds is 1. The normalized spacial score (nSPS) is 17.8. The summed E-state index contributed by atoms with van der Waals surface area (Å²) in [6, 6.07) is 11.4. The number of fused-ring (bicyclic) bond motifs is 1. The number of hydrogen-bond donors (Lipinski definition) is 1. The van der Waals surface area contributed by atoms with Gasteiger partial charge in [-0.15, -0.1) is 0 Å². The van der Waals surface area contributed by atoms with Crippen LogP contribution in [0.3, 0.4) is 0 Å². The van der Waals surface area contributed by atoms with Crippen LogP contribution in [0, 0.1) is 0 Å². The summed E-state index contributed by atoms with van der Waals surface area (Å²) in [6.45, 7) is 0. The Kier molecular flexibility index (Phi) is 2.46. The Morgan fingerprint density at radius 3 is 2.76 bits per heavy atom. The SMILES string of the molecule is OC1C=C(c2ncccc2Cl)c2ccccc21. The third kappa shape index (κ3) is 1.66. The molecule has 17 heavy (non-hydrogen) atoms. The number of pyridine rings is 1. The van der Waals surface area contributed by atoms with Crippen molar-refractivity contribution in [3.8, 4) is 0 Å². The molecule has 2 aromatic rings. The predicted octanol–water partition coefficient (Wildman–Crippen LogP) is 3.21. The molecule has 1 aromatic carbocycles. The Morgan fingerprint density at radius 1 is 1.12 bits per heavy atom. The highest BCUT2D eigenvalue weighted by molar-refractivity contribution is 6.32. The number of benzene rings is 1. The van der Waals surface area contributed by atoms with E-state index in [0.717, 1.165) is 22.4 Å². The van der Waals surface area contributed by atoms with Crippen molar-refractivity contribution < 1.29 is 5.11 Å². The minimum absolute atomic E-state index is 0.570. The quantitative estimate of drug-likeness (QED) is 0.834. The Morgan fingerprint density at radius 2 is 1.94 bits per heavy atom. The number of aromatic nitrogens is 1. The summed E-state index contributed by atoms with van der Waals surface area (Å²) in [5, 5.41) is 10.6. The van der Waals surface area contributed by atoms with Gasteiger partial charge in [0.25, 0.3) is 0 Å². The molecular formula is C14H10ClNO. The fourth-order valence-corrected chi connectivity index (χ4v) is 2.35. The molecule has 1 aliphatic carbocycles. The molecule has 1 N–H and O–H groups in total. The molecule has 0 saturated carbocycles. The van der Waals surface area contributed by atoms with Gasteiger partial charge in [-0.25, -0.2) is 0 Å². The molecule has 0 fully saturated rings. The Bertz CT molecular complexity index is 607. The van der Waals surface area contributed by atoms with E-state index in [1.54, 1.807) is 24.4 Å². The van der Waals surface area contributed by atoms with E-state index in [1.165, 1.54) is 0 Å². The third-order valence-electron chi connectivity index (χ3n) is 2.91. The molecule has 0 bridgehead atoms. The number of nitrogens with zero attached hydrogens (tertiary/aromatic N) is 1. The topological polar surface area (TPSA) is 33.1 Å². The van der Waals surface area contributed by atoms with E-state index >= 15 is 0 Å². The monoisotopic (exact) mass is 243 g/mol. The molecule has 84 valence electrons. The average molecular weight is 244 g/mol. The first kappa shape index (κ1) is 10.5. The van der Waals surface area contributed by atoms with Gasteiger partial charge in [-0.3, -0.25) is 4.98 Å². The number of hydrogen-bond acceptors (Lipinski definition) is 2. The van der Waals surface area contributed by atoms with Crippen LogP contribution < -0.4 is 0 Å². The summed E-state index contributed by atoms with van der Waals surface area (Å²) >= 11 is 6.13. The molecule has 0 aliphatic heterocycles. The highest BCUT2D eigenvalue weighted by Gasteiger charge is 2.23. The molecule has 0 amide bonds. The zero-order chi connectivity index (χ0) is 11.8. The molecule has 1 atom stereocenters. The molecule has 1 heterocycles. The van der Waals surface area contributed by atoms with Crippen molar-refractivity contribution in [3.05, 3.63) is 70.5 Å². The van der Waals surface area contributed by atoms with Crippen molar-refractivity contribution in [2.45, 2.75) is 6.10 Å². The van der Waals surface area contributed by atoms with Crippen molar-refractivity contribution in [3.63, 3.8) is 0 Å². The van der Waals surface area contributed by atoms with Gasteiger partial charge in [-0.05, 0) is 29.3 Å². The first-order chi connectivity index (χ1) is 8.27. The second kappa shape index (κ2) is 3.99. The summed E-state index contributed by atoms with van der Waals surface area (Å²) in [6.07, 6.45) is 2.92. The largest absolute Gasteiger partial charge is 0.384 e. The molecule has 1 aromatic heterocycles. The summed E-state index contributed by atoms with van der Waals surface area (Å²) in [5.74, 6) is 0. The van der Waals surface area contributed by atoms with Gasteiger partial charge < -0.3 is 5.11 Å². The van der Waals surface area contributed by atoms with E-state index in [-0.39, 0.29) is 0 Å². The van der Waals surface area contributed by atoms with Gasteiger partial charge in [-0.1, -0.05) is 35.9 Å².